The van der Waals surface area contributed by atoms with Crippen molar-refractivity contribution in [3.63, 3.8) is 0 Å². The van der Waals surface area contributed by atoms with Gasteiger partial charge >= 0.3 is 0 Å². The van der Waals surface area contributed by atoms with E-state index >= 15 is 0 Å². The Morgan fingerprint density at radius 3 is 2.39 bits per heavy atom. The maximum absolute atomic E-state index is 12.4. The highest BCUT2D eigenvalue weighted by atomic mass is 35.5. The van der Waals surface area contributed by atoms with Crippen molar-refractivity contribution < 1.29 is 9.53 Å². The molecule has 0 aliphatic carbocycles. The van der Waals surface area contributed by atoms with Gasteiger partial charge in [-0.25, -0.2) is 0 Å². The van der Waals surface area contributed by atoms with Gasteiger partial charge in [-0.05, 0) is 30.3 Å². The molecule has 1 aliphatic heterocycles. The van der Waals surface area contributed by atoms with Gasteiger partial charge in [0.2, 0.25) is 0 Å². The van der Waals surface area contributed by atoms with Crippen molar-refractivity contribution in [2.45, 2.75) is 20.0 Å². The second kappa shape index (κ2) is 8.67. The minimum absolute atomic E-state index is 0.138. The molecule has 146 valence electrons. The zero-order valence-electron chi connectivity index (χ0n) is 15.8. The summed E-state index contributed by atoms with van der Waals surface area (Å²) in [4.78, 5) is 12.4. The molecule has 0 saturated carbocycles. The van der Waals surface area contributed by atoms with Crippen LogP contribution in [-0.4, -0.2) is 23.2 Å². The molecule has 0 spiro atoms. The maximum atomic E-state index is 12.4. The minimum atomic E-state index is -0.303. The lowest BCUT2D eigenvalue weighted by Gasteiger charge is -2.09. The van der Waals surface area contributed by atoms with Crippen LogP contribution in [0.5, 0.6) is 5.75 Å². The van der Waals surface area contributed by atoms with Gasteiger partial charge in [-0.1, -0.05) is 37.6 Å². The monoisotopic (exact) mass is 399 g/mol. The van der Waals surface area contributed by atoms with E-state index in [1.807, 2.05) is 38.1 Å². The van der Waals surface area contributed by atoms with Crippen LogP contribution in [0.25, 0.3) is 0 Å². The Morgan fingerprint density at radius 2 is 1.79 bits per heavy atom. The summed E-state index contributed by atoms with van der Waals surface area (Å²) in [7, 11) is 1.52. The highest BCUT2D eigenvalue weighted by Gasteiger charge is 2.22. The highest BCUT2D eigenvalue weighted by molar-refractivity contribution is 6.32. The van der Waals surface area contributed by atoms with E-state index in [0.29, 0.717) is 22.2 Å². The zero-order chi connectivity index (χ0) is 20.1. The Kier molecular flexibility index (Phi) is 6.06. The van der Waals surface area contributed by atoms with Crippen LogP contribution < -0.4 is 20.7 Å². The number of amides is 1. The van der Waals surface area contributed by atoms with Gasteiger partial charge in [0.15, 0.2) is 5.82 Å². The van der Waals surface area contributed by atoms with E-state index < -0.39 is 0 Å². The van der Waals surface area contributed by atoms with Crippen LogP contribution in [0.15, 0.2) is 48.5 Å². The number of hydrogen-bond donors (Lipinski definition) is 4. The normalized spacial score (nSPS) is 12.1. The number of H-pyrrole nitrogens is 1. The number of nitrogens with one attached hydrogen (secondary N) is 4. The summed E-state index contributed by atoms with van der Waals surface area (Å²) in [5.41, 5.74) is 3.27. The quantitative estimate of drug-likeness (QED) is 0.501. The molecule has 1 amide bonds. The molecule has 0 radical (unpaired) electrons. The lowest BCUT2D eigenvalue weighted by atomic mass is 10.2. The van der Waals surface area contributed by atoms with Gasteiger partial charge in [0.1, 0.15) is 11.9 Å². The summed E-state index contributed by atoms with van der Waals surface area (Å²) in [6.07, 6.45) is -0.138. The van der Waals surface area contributed by atoms with Gasteiger partial charge in [0.05, 0.1) is 29.2 Å². The molecule has 0 saturated heterocycles. The summed E-state index contributed by atoms with van der Waals surface area (Å²) in [6.45, 7) is 4.00. The molecule has 28 heavy (non-hydrogen) atoms. The smallest absolute Gasteiger partial charge is 0.256 e. The molecule has 0 unspecified atom stereocenters. The SMILES string of the molecule is CC.COc1ccc(C(=O)Nc2cc(C3Nc4ccccc4N3)[nH]n2)cc1Cl. The Bertz CT molecular complexity index is 948. The van der Waals surface area contributed by atoms with Gasteiger partial charge in [-0.15, -0.1) is 0 Å². The highest BCUT2D eigenvalue weighted by Crippen LogP contribution is 2.34. The first-order chi connectivity index (χ1) is 13.6. The van der Waals surface area contributed by atoms with Crippen LogP contribution in [-0.2, 0) is 0 Å². The van der Waals surface area contributed by atoms with E-state index in [2.05, 4.69) is 26.1 Å². The van der Waals surface area contributed by atoms with Crippen LogP contribution >= 0.6 is 11.6 Å². The molecular weight excluding hydrogens is 378 g/mol. The number of aromatic amines is 1. The predicted molar refractivity (Wildman–Crippen MR) is 112 cm³/mol. The van der Waals surface area contributed by atoms with Crippen molar-refractivity contribution in [1.82, 2.24) is 10.2 Å². The second-order valence-electron chi connectivity index (χ2n) is 5.78. The van der Waals surface area contributed by atoms with E-state index in [9.17, 15) is 4.79 Å². The summed E-state index contributed by atoms with van der Waals surface area (Å²) in [6, 6.07) is 14.5. The number of para-hydroxylation sites is 2. The van der Waals surface area contributed by atoms with Gasteiger partial charge in [0.25, 0.3) is 5.91 Å². The van der Waals surface area contributed by atoms with Crippen LogP contribution in [0.3, 0.4) is 0 Å². The number of fused-ring (bicyclic) bond motifs is 1. The fraction of sp³-hybridized carbons (Fsp3) is 0.200. The third-order valence-electron chi connectivity index (χ3n) is 4.09. The number of nitrogens with zero attached hydrogens (tertiary/aromatic N) is 1. The Balaban J connectivity index is 0.00000109. The van der Waals surface area contributed by atoms with Gasteiger partial charge in [0, 0.05) is 11.6 Å². The number of anilines is 3. The van der Waals surface area contributed by atoms with E-state index in [1.165, 1.54) is 7.11 Å². The van der Waals surface area contributed by atoms with Gasteiger partial charge < -0.3 is 20.7 Å². The minimum Gasteiger partial charge on any atom is -0.495 e. The van der Waals surface area contributed by atoms with Crippen LogP contribution in [0.1, 0.15) is 36.1 Å². The third-order valence-corrected chi connectivity index (χ3v) is 4.39. The van der Waals surface area contributed by atoms with Crippen molar-refractivity contribution in [2.24, 2.45) is 0 Å². The zero-order valence-corrected chi connectivity index (χ0v) is 16.6. The number of carbonyl (C=O) groups excluding carboxylic acids is 1. The number of ether oxygens (including phenoxy) is 1. The predicted octanol–water partition coefficient (Wildman–Crippen LogP) is 4.89. The number of carbonyl (C=O) groups is 1. The number of benzene rings is 2. The van der Waals surface area contributed by atoms with Crippen LogP contribution in [0.4, 0.5) is 17.2 Å². The topological polar surface area (TPSA) is 91.1 Å². The second-order valence-corrected chi connectivity index (χ2v) is 6.19. The summed E-state index contributed by atoms with van der Waals surface area (Å²) in [5.74, 6) is 0.642. The molecule has 4 rings (SSSR count). The van der Waals surface area contributed by atoms with Crippen molar-refractivity contribution in [1.29, 1.82) is 0 Å². The van der Waals surface area contributed by atoms with E-state index in [0.717, 1.165) is 17.1 Å². The van der Waals surface area contributed by atoms with Crippen molar-refractivity contribution in [2.75, 3.05) is 23.1 Å². The molecule has 0 fully saturated rings. The molecular formula is C20H22ClN5O2. The van der Waals surface area contributed by atoms with Crippen molar-refractivity contribution in [3.05, 3.63) is 64.8 Å². The summed E-state index contributed by atoms with van der Waals surface area (Å²) < 4.78 is 5.09. The molecule has 4 N–H and O–H groups in total. The third kappa shape index (κ3) is 4.04. The summed E-state index contributed by atoms with van der Waals surface area (Å²) in [5, 5.41) is 16.9. The first-order valence-corrected chi connectivity index (χ1v) is 9.34. The lowest BCUT2D eigenvalue weighted by molar-refractivity contribution is 0.102. The molecule has 7 nitrogen and oxygen atoms in total. The van der Waals surface area contributed by atoms with E-state index in [-0.39, 0.29) is 12.1 Å². The molecule has 2 aromatic carbocycles. The Labute approximate surface area is 168 Å². The number of rotatable bonds is 4. The first kappa shape index (κ1) is 19.6. The number of methoxy groups -OCH3 is 1. The van der Waals surface area contributed by atoms with Crippen LogP contribution in [0.2, 0.25) is 5.02 Å². The van der Waals surface area contributed by atoms with Gasteiger partial charge in [-0.2, -0.15) is 5.10 Å². The number of aromatic nitrogens is 2. The molecule has 0 atom stereocenters. The number of halogens is 1. The first-order valence-electron chi connectivity index (χ1n) is 8.96. The largest absolute Gasteiger partial charge is 0.495 e. The van der Waals surface area contributed by atoms with E-state index in [4.69, 9.17) is 16.3 Å². The lowest BCUT2D eigenvalue weighted by Crippen LogP contribution is -2.13. The standard InChI is InChI=1S/C18H16ClN5O2.C2H6/c1-26-15-7-6-10(8-11(15)19)18(25)22-16-9-14(23-24-16)17-20-12-4-2-3-5-13(12)21-17;1-2/h2-9,17,20-21H,1H3,(H2,22,23,24,25);1-2H3. The van der Waals surface area contributed by atoms with Crippen molar-refractivity contribution >= 4 is 34.7 Å². The van der Waals surface area contributed by atoms with Crippen LogP contribution in [0, 0.1) is 0 Å². The number of hydrogen-bond acceptors (Lipinski definition) is 5. The Morgan fingerprint density at radius 1 is 1.11 bits per heavy atom. The molecule has 1 aliphatic rings. The average Bonchev–Trinajstić information content (AvgIpc) is 3.36. The van der Waals surface area contributed by atoms with Crippen molar-refractivity contribution in [3.8, 4) is 5.75 Å². The maximum Gasteiger partial charge on any atom is 0.256 e. The molecule has 3 aromatic rings. The Hall–Kier alpha value is -3.19. The van der Waals surface area contributed by atoms with Gasteiger partial charge in [-0.3, -0.25) is 9.89 Å². The van der Waals surface area contributed by atoms with E-state index in [1.54, 1.807) is 24.3 Å². The fourth-order valence-electron chi connectivity index (χ4n) is 2.78. The average molecular weight is 400 g/mol. The molecule has 2 heterocycles. The molecule has 8 heteroatoms. The summed E-state index contributed by atoms with van der Waals surface area (Å²) >= 11 is 6.07. The fourth-order valence-corrected chi connectivity index (χ4v) is 3.04. The molecule has 1 aromatic heterocycles. The molecule has 0 bridgehead atoms.